The van der Waals surface area contributed by atoms with Gasteiger partial charge in [-0.2, -0.15) is 0 Å². The Balaban J connectivity index is 2.70. The molecular weight excluding hydrogens is 222 g/mol. The van der Waals surface area contributed by atoms with Gasteiger partial charge >= 0.3 is 0 Å². The van der Waals surface area contributed by atoms with Crippen molar-refractivity contribution in [3.8, 4) is 0 Å². The van der Waals surface area contributed by atoms with Gasteiger partial charge in [0.25, 0.3) is 0 Å². The molecule has 1 rings (SSSR count). The average molecular weight is 247 g/mol. The molecule has 0 saturated heterocycles. The van der Waals surface area contributed by atoms with Crippen LogP contribution in [0, 0.1) is 5.41 Å². The Labute approximate surface area is 111 Å². The molecule has 1 aromatic rings. The second-order valence-corrected chi connectivity index (χ2v) is 6.16. The number of hydrogen-bond acceptors (Lipinski definition) is 2. The lowest BCUT2D eigenvalue weighted by Gasteiger charge is -2.29. The van der Waals surface area contributed by atoms with Crippen LogP contribution in [0.1, 0.15) is 40.2 Å². The van der Waals surface area contributed by atoms with Gasteiger partial charge < -0.3 is 0 Å². The highest BCUT2D eigenvalue weighted by Gasteiger charge is 2.24. The van der Waals surface area contributed by atoms with Crippen LogP contribution in [0.5, 0.6) is 0 Å². The highest BCUT2D eigenvalue weighted by molar-refractivity contribution is 5.85. The van der Waals surface area contributed by atoms with Gasteiger partial charge in [-0.15, -0.1) is 0 Å². The van der Waals surface area contributed by atoms with E-state index in [4.69, 9.17) is 0 Å². The van der Waals surface area contributed by atoms with Gasteiger partial charge in [-0.3, -0.25) is 9.69 Å². The van der Waals surface area contributed by atoms with E-state index in [0.29, 0.717) is 18.4 Å². The number of nitrogens with zero attached hydrogens (tertiary/aromatic N) is 1. The Morgan fingerprint density at radius 2 is 1.72 bits per heavy atom. The Kier molecular flexibility index (Phi) is 5.09. The molecule has 0 spiro atoms. The summed E-state index contributed by atoms with van der Waals surface area (Å²) >= 11 is 0. The summed E-state index contributed by atoms with van der Waals surface area (Å²) in [6.07, 6.45) is 0. The molecule has 18 heavy (non-hydrogen) atoms. The van der Waals surface area contributed by atoms with Crippen molar-refractivity contribution in [2.24, 2.45) is 5.41 Å². The largest absolute Gasteiger partial charge is 0.298 e. The summed E-state index contributed by atoms with van der Waals surface area (Å²) in [6.45, 7) is 11.6. The molecule has 0 atom stereocenters. The standard InChI is InChI=1S/C16H25NO/c1-13(2)17(12-15(18)16(3,4)5)11-14-9-7-6-8-10-14/h6-10,13H,11-12H2,1-5H3. The van der Waals surface area contributed by atoms with Gasteiger partial charge in [0.1, 0.15) is 0 Å². The molecule has 0 aliphatic carbocycles. The zero-order valence-electron chi connectivity index (χ0n) is 12.2. The van der Waals surface area contributed by atoms with Crippen molar-refractivity contribution in [2.45, 2.75) is 47.2 Å². The summed E-state index contributed by atoms with van der Waals surface area (Å²) in [6, 6.07) is 10.7. The minimum atomic E-state index is -0.260. The first-order valence-corrected chi connectivity index (χ1v) is 6.62. The van der Waals surface area contributed by atoms with E-state index in [0.717, 1.165) is 6.54 Å². The normalized spacial score (nSPS) is 12.2. The van der Waals surface area contributed by atoms with Crippen molar-refractivity contribution in [3.05, 3.63) is 35.9 Å². The van der Waals surface area contributed by atoms with Crippen LogP contribution < -0.4 is 0 Å². The van der Waals surface area contributed by atoms with E-state index in [9.17, 15) is 4.79 Å². The van der Waals surface area contributed by atoms with E-state index in [1.54, 1.807) is 0 Å². The minimum Gasteiger partial charge on any atom is -0.298 e. The fraction of sp³-hybridized carbons (Fsp3) is 0.562. The van der Waals surface area contributed by atoms with Crippen LogP contribution in [0.25, 0.3) is 0 Å². The van der Waals surface area contributed by atoms with Crippen LogP contribution in [-0.2, 0) is 11.3 Å². The van der Waals surface area contributed by atoms with Gasteiger partial charge in [0.05, 0.1) is 6.54 Å². The molecule has 0 aliphatic heterocycles. The topological polar surface area (TPSA) is 20.3 Å². The van der Waals surface area contributed by atoms with E-state index in [1.165, 1.54) is 5.56 Å². The monoisotopic (exact) mass is 247 g/mol. The Morgan fingerprint density at radius 1 is 1.17 bits per heavy atom. The molecule has 2 nitrogen and oxygen atoms in total. The first-order chi connectivity index (χ1) is 8.30. The lowest BCUT2D eigenvalue weighted by molar-refractivity contribution is -0.128. The molecule has 1 aromatic carbocycles. The molecule has 0 heterocycles. The zero-order valence-corrected chi connectivity index (χ0v) is 12.2. The van der Waals surface area contributed by atoms with Crippen LogP contribution in [0.15, 0.2) is 30.3 Å². The Morgan fingerprint density at radius 3 is 2.17 bits per heavy atom. The van der Waals surface area contributed by atoms with Crippen molar-refractivity contribution in [1.29, 1.82) is 0 Å². The smallest absolute Gasteiger partial charge is 0.152 e. The highest BCUT2D eigenvalue weighted by Crippen LogP contribution is 2.17. The fourth-order valence-corrected chi connectivity index (χ4v) is 1.66. The third-order valence-electron chi connectivity index (χ3n) is 3.14. The van der Waals surface area contributed by atoms with Crippen LogP contribution in [0.4, 0.5) is 0 Å². The summed E-state index contributed by atoms with van der Waals surface area (Å²) in [5.74, 6) is 0.298. The van der Waals surface area contributed by atoms with E-state index < -0.39 is 0 Å². The molecule has 100 valence electrons. The number of Topliss-reactive ketones (excluding diaryl/α,β-unsaturated/α-hetero) is 1. The molecule has 0 bridgehead atoms. The lowest BCUT2D eigenvalue weighted by atomic mass is 9.90. The first-order valence-electron chi connectivity index (χ1n) is 6.62. The zero-order chi connectivity index (χ0) is 13.8. The summed E-state index contributed by atoms with van der Waals surface area (Å²) in [5.41, 5.74) is 0.997. The van der Waals surface area contributed by atoms with E-state index in [2.05, 4.69) is 30.9 Å². The molecule has 0 N–H and O–H groups in total. The van der Waals surface area contributed by atoms with E-state index in [-0.39, 0.29) is 5.41 Å². The molecule has 0 aliphatic rings. The van der Waals surface area contributed by atoms with Crippen molar-refractivity contribution in [1.82, 2.24) is 4.90 Å². The fourth-order valence-electron chi connectivity index (χ4n) is 1.66. The summed E-state index contributed by atoms with van der Waals surface area (Å²) in [7, 11) is 0. The molecule has 0 fully saturated rings. The molecular formula is C16H25NO. The van der Waals surface area contributed by atoms with Crippen LogP contribution in [0.2, 0.25) is 0 Å². The quantitative estimate of drug-likeness (QED) is 0.793. The van der Waals surface area contributed by atoms with Crippen LogP contribution >= 0.6 is 0 Å². The van der Waals surface area contributed by atoms with Crippen molar-refractivity contribution in [2.75, 3.05) is 6.54 Å². The maximum atomic E-state index is 12.1. The van der Waals surface area contributed by atoms with Crippen molar-refractivity contribution in [3.63, 3.8) is 0 Å². The highest BCUT2D eigenvalue weighted by atomic mass is 16.1. The SMILES string of the molecule is CC(C)N(CC(=O)C(C)(C)C)Cc1ccccc1. The number of carbonyl (C=O) groups excluding carboxylic acids is 1. The summed E-state index contributed by atoms with van der Waals surface area (Å²) in [4.78, 5) is 14.4. The van der Waals surface area contributed by atoms with Crippen LogP contribution in [-0.4, -0.2) is 23.3 Å². The van der Waals surface area contributed by atoms with E-state index >= 15 is 0 Å². The van der Waals surface area contributed by atoms with Crippen molar-refractivity contribution >= 4 is 5.78 Å². The Hall–Kier alpha value is -1.15. The summed E-state index contributed by atoms with van der Waals surface area (Å²) < 4.78 is 0. The maximum Gasteiger partial charge on any atom is 0.152 e. The predicted octanol–water partition coefficient (Wildman–Crippen LogP) is 3.51. The van der Waals surface area contributed by atoms with Gasteiger partial charge in [0.2, 0.25) is 0 Å². The molecule has 0 aromatic heterocycles. The summed E-state index contributed by atoms with van der Waals surface area (Å²) in [5, 5.41) is 0. The third kappa shape index (κ3) is 4.61. The molecule has 0 radical (unpaired) electrons. The lowest BCUT2D eigenvalue weighted by Crippen LogP contribution is -2.39. The van der Waals surface area contributed by atoms with E-state index in [1.807, 2.05) is 39.0 Å². The number of hydrogen-bond donors (Lipinski definition) is 0. The Bertz CT molecular complexity index is 376. The predicted molar refractivity (Wildman–Crippen MR) is 76.5 cm³/mol. The van der Waals surface area contributed by atoms with Gasteiger partial charge in [-0.05, 0) is 19.4 Å². The van der Waals surface area contributed by atoms with Crippen molar-refractivity contribution < 1.29 is 4.79 Å². The van der Waals surface area contributed by atoms with Gasteiger partial charge in [0.15, 0.2) is 5.78 Å². The number of carbonyl (C=O) groups is 1. The van der Waals surface area contributed by atoms with Gasteiger partial charge in [-0.1, -0.05) is 51.1 Å². The second kappa shape index (κ2) is 6.14. The average Bonchev–Trinajstić information content (AvgIpc) is 2.28. The molecule has 0 amide bonds. The second-order valence-electron chi connectivity index (χ2n) is 6.16. The number of rotatable bonds is 5. The van der Waals surface area contributed by atoms with Crippen LogP contribution in [0.3, 0.4) is 0 Å². The maximum absolute atomic E-state index is 12.1. The molecule has 0 saturated carbocycles. The number of ketones is 1. The first kappa shape index (κ1) is 14.9. The third-order valence-corrected chi connectivity index (χ3v) is 3.14. The van der Waals surface area contributed by atoms with Gasteiger partial charge in [-0.25, -0.2) is 0 Å². The number of benzene rings is 1. The molecule has 2 heteroatoms. The van der Waals surface area contributed by atoms with Gasteiger partial charge in [0, 0.05) is 18.0 Å². The minimum absolute atomic E-state index is 0.260. The molecule has 0 unspecified atom stereocenters.